The number of benzene rings is 2. The molecule has 0 spiro atoms. The third-order valence-corrected chi connectivity index (χ3v) is 5.98. The van der Waals surface area contributed by atoms with Crippen LogP contribution in [-0.4, -0.2) is 53.8 Å². The second-order valence-electron chi connectivity index (χ2n) is 7.98. The molecular formula is C25H23ClFN5O3. The first-order chi connectivity index (χ1) is 16.8. The molecule has 2 N–H and O–H groups in total. The van der Waals surface area contributed by atoms with Crippen LogP contribution in [0.2, 0.25) is 5.02 Å². The first-order valence-corrected chi connectivity index (χ1v) is 11.3. The van der Waals surface area contributed by atoms with E-state index in [4.69, 9.17) is 11.6 Å². The van der Waals surface area contributed by atoms with Gasteiger partial charge in [0.1, 0.15) is 11.6 Å². The smallest absolute Gasteiger partial charge is 0.258 e. The lowest BCUT2D eigenvalue weighted by Gasteiger charge is -2.34. The summed E-state index contributed by atoms with van der Waals surface area (Å²) >= 11 is 6.18. The van der Waals surface area contributed by atoms with Gasteiger partial charge in [0.25, 0.3) is 11.8 Å². The maximum Gasteiger partial charge on any atom is 0.258 e. The van der Waals surface area contributed by atoms with Crippen molar-refractivity contribution in [2.24, 2.45) is 0 Å². The Morgan fingerprint density at radius 3 is 2.34 bits per heavy atom. The Kier molecular flexibility index (Phi) is 7.26. The molecule has 1 saturated heterocycles. The molecule has 0 radical (unpaired) electrons. The van der Waals surface area contributed by atoms with Crippen molar-refractivity contribution in [2.45, 2.75) is 6.92 Å². The van der Waals surface area contributed by atoms with Crippen LogP contribution in [0.4, 0.5) is 21.6 Å². The summed E-state index contributed by atoms with van der Waals surface area (Å²) in [6.45, 7) is 4.16. The summed E-state index contributed by atoms with van der Waals surface area (Å²) in [5, 5.41) is 5.56. The van der Waals surface area contributed by atoms with Gasteiger partial charge in [-0.2, -0.15) is 0 Å². The summed E-state index contributed by atoms with van der Waals surface area (Å²) in [6, 6.07) is 13.7. The fourth-order valence-electron chi connectivity index (χ4n) is 3.69. The standard InChI is InChI=1S/C25H23ClFN5O3/c1-16(33)31-10-12-32(13-11-31)23-9-6-17(15-28-23)24(34)29-18-7-8-20(26)22(14-18)30-25(35)19-4-2-3-5-21(19)27/h2-9,14-15H,10-13H2,1H3,(H,29,34)(H,30,35). The molecule has 0 aliphatic carbocycles. The lowest BCUT2D eigenvalue weighted by molar-refractivity contribution is -0.129. The van der Waals surface area contributed by atoms with Gasteiger partial charge in [0.2, 0.25) is 5.91 Å². The van der Waals surface area contributed by atoms with E-state index in [9.17, 15) is 18.8 Å². The number of pyridine rings is 1. The van der Waals surface area contributed by atoms with E-state index < -0.39 is 11.7 Å². The maximum absolute atomic E-state index is 13.9. The fraction of sp³-hybridized carbons (Fsp3) is 0.200. The number of carbonyl (C=O) groups is 3. The Labute approximate surface area is 206 Å². The zero-order chi connectivity index (χ0) is 24.9. The number of piperazine rings is 1. The highest BCUT2D eigenvalue weighted by atomic mass is 35.5. The predicted molar refractivity (Wildman–Crippen MR) is 132 cm³/mol. The van der Waals surface area contributed by atoms with E-state index in [0.717, 1.165) is 5.82 Å². The molecule has 0 unspecified atom stereocenters. The van der Waals surface area contributed by atoms with Crippen LogP contribution in [0.25, 0.3) is 0 Å². The maximum atomic E-state index is 13.9. The first-order valence-electron chi connectivity index (χ1n) is 10.9. The molecule has 10 heteroatoms. The number of amides is 3. The number of aromatic nitrogens is 1. The summed E-state index contributed by atoms with van der Waals surface area (Å²) in [5.74, 6) is -0.907. The molecule has 8 nitrogen and oxygen atoms in total. The van der Waals surface area contributed by atoms with Crippen LogP contribution >= 0.6 is 11.6 Å². The molecule has 2 aromatic carbocycles. The SMILES string of the molecule is CC(=O)N1CCN(c2ccc(C(=O)Nc3ccc(Cl)c(NC(=O)c4ccccc4F)c3)cn2)CC1. The van der Waals surface area contributed by atoms with Crippen LogP contribution in [0, 0.1) is 5.82 Å². The Morgan fingerprint density at radius 2 is 1.69 bits per heavy atom. The molecule has 1 fully saturated rings. The first kappa shape index (κ1) is 24.2. The number of hydrogen-bond donors (Lipinski definition) is 2. The summed E-state index contributed by atoms with van der Waals surface area (Å²) < 4.78 is 13.9. The Hall–Kier alpha value is -3.98. The third kappa shape index (κ3) is 5.75. The quantitative estimate of drug-likeness (QED) is 0.557. The van der Waals surface area contributed by atoms with E-state index in [1.54, 1.807) is 36.1 Å². The van der Waals surface area contributed by atoms with Crippen molar-refractivity contribution in [2.75, 3.05) is 41.7 Å². The number of nitrogens with zero attached hydrogens (tertiary/aromatic N) is 3. The minimum absolute atomic E-state index is 0.0572. The van der Waals surface area contributed by atoms with Gasteiger partial charge >= 0.3 is 0 Å². The lowest BCUT2D eigenvalue weighted by Crippen LogP contribution is -2.48. The van der Waals surface area contributed by atoms with Gasteiger partial charge in [-0.15, -0.1) is 0 Å². The normalized spacial score (nSPS) is 13.3. The molecule has 0 bridgehead atoms. The van der Waals surface area contributed by atoms with Gasteiger partial charge < -0.3 is 20.4 Å². The Bertz CT molecular complexity index is 1260. The van der Waals surface area contributed by atoms with E-state index in [-0.39, 0.29) is 28.1 Å². The summed E-state index contributed by atoms with van der Waals surface area (Å²) in [4.78, 5) is 44.9. The van der Waals surface area contributed by atoms with Gasteiger partial charge in [0.15, 0.2) is 0 Å². The van der Waals surface area contributed by atoms with Crippen LogP contribution in [0.3, 0.4) is 0 Å². The van der Waals surface area contributed by atoms with Gasteiger partial charge in [0.05, 0.1) is 21.8 Å². The molecule has 1 aromatic heterocycles. The zero-order valence-electron chi connectivity index (χ0n) is 18.9. The summed E-state index contributed by atoms with van der Waals surface area (Å²) in [7, 11) is 0. The van der Waals surface area contributed by atoms with Gasteiger partial charge in [-0.25, -0.2) is 9.37 Å². The molecule has 3 aromatic rings. The van der Waals surface area contributed by atoms with Crippen LogP contribution in [-0.2, 0) is 4.79 Å². The van der Waals surface area contributed by atoms with Crippen LogP contribution in [0.15, 0.2) is 60.8 Å². The van der Waals surface area contributed by atoms with E-state index in [1.807, 2.05) is 0 Å². The molecule has 1 aliphatic heterocycles. The minimum atomic E-state index is -0.655. The number of halogens is 2. The molecule has 4 rings (SSSR count). The number of rotatable bonds is 5. The molecular weight excluding hydrogens is 473 g/mol. The van der Waals surface area contributed by atoms with Crippen molar-refractivity contribution < 1.29 is 18.8 Å². The Balaban J connectivity index is 1.40. The molecule has 0 atom stereocenters. The van der Waals surface area contributed by atoms with Gasteiger partial charge in [0, 0.05) is 45.0 Å². The Morgan fingerprint density at radius 1 is 0.943 bits per heavy atom. The van der Waals surface area contributed by atoms with E-state index in [0.29, 0.717) is 37.4 Å². The van der Waals surface area contributed by atoms with Gasteiger partial charge in [-0.05, 0) is 42.5 Å². The van der Waals surface area contributed by atoms with Crippen LogP contribution in [0.1, 0.15) is 27.6 Å². The molecule has 2 heterocycles. The number of hydrogen-bond acceptors (Lipinski definition) is 5. The van der Waals surface area contributed by atoms with Crippen molar-refractivity contribution in [3.63, 3.8) is 0 Å². The zero-order valence-corrected chi connectivity index (χ0v) is 19.7. The second-order valence-corrected chi connectivity index (χ2v) is 8.39. The van der Waals surface area contributed by atoms with Crippen molar-refractivity contribution in [3.05, 3.63) is 82.8 Å². The van der Waals surface area contributed by atoms with E-state index in [2.05, 4.69) is 20.5 Å². The lowest BCUT2D eigenvalue weighted by atomic mass is 10.2. The van der Waals surface area contributed by atoms with Crippen LogP contribution in [0.5, 0.6) is 0 Å². The van der Waals surface area contributed by atoms with Crippen molar-refractivity contribution in [3.8, 4) is 0 Å². The number of carbonyl (C=O) groups excluding carboxylic acids is 3. The number of nitrogens with one attached hydrogen (secondary N) is 2. The highest BCUT2D eigenvalue weighted by Crippen LogP contribution is 2.27. The summed E-state index contributed by atoms with van der Waals surface area (Å²) in [5.41, 5.74) is 0.860. The average molecular weight is 496 g/mol. The highest BCUT2D eigenvalue weighted by molar-refractivity contribution is 6.34. The second kappa shape index (κ2) is 10.5. The average Bonchev–Trinajstić information content (AvgIpc) is 2.86. The molecule has 3 amide bonds. The van der Waals surface area contributed by atoms with Crippen molar-refractivity contribution in [1.82, 2.24) is 9.88 Å². The number of anilines is 3. The monoisotopic (exact) mass is 495 g/mol. The van der Waals surface area contributed by atoms with E-state index in [1.165, 1.54) is 36.5 Å². The topological polar surface area (TPSA) is 94.6 Å². The molecule has 180 valence electrons. The fourth-order valence-corrected chi connectivity index (χ4v) is 3.86. The largest absolute Gasteiger partial charge is 0.353 e. The molecule has 1 aliphatic rings. The third-order valence-electron chi connectivity index (χ3n) is 5.65. The van der Waals surface area contributed by atoms with Gasteiger partial charge in [-0.1, -0.05) is 23.7 Å². The predicted octanol–water partition coefficient (Wildman–Crippen LogP) is 4.05. The van der Waals surface area contributed by atoms with E-state index >= 15 is 0 Å². The van der Waals surface area contributed by atoms with Crippen LogP contribution < -0.4 is 15.5 Å². The summed E-state index contributed by atoms with van der Waals surface area (Å²) in [6.07, 6.45) is 1.48. The minimum Gasteiger partial charge on any atom is -0.353 e. The highest BCUT2D eigenvalue weighted by Gasteiger charge is 2.20. The van der Waals surface area contributed by atoms with Crippen molar-refractivity contribution in [1.29, 1.82) is 0 Å². The van der Waals surface area contributed by atoms with Crippen molar-refractivity contribution >= 4 is 46.5 Å². The molecule has 0 saturated carbocycles. The van der Waals surface area contributed by atoms with Gasteiger partial charge in [-0.3, -0.25) is 14.4 Å². The molecule has 35 heavy (non-hydrogen) atoms.